The van der Waals surface area contributed by atoms with Gasteiger partial charge in [-0.1, -0.05) is 0 Å². The Kier molecular flexibility index (Phi) is 2.52. The van der Waals surface area contributed by atoms with Crippen LogP contribution >= 0.6 is 0 Å². The van der Waals surface area contributed by atoms with Crippen molar-refractivity contribution in [2.75, 3.05) is 7.11 Å². The van der Waals surface area contributed by atoms with Gasteiger partial charge < -0.3 is 10.5 Å². The van der Waals surface area contributed by atoms with Crippen molar-refractivity contribution in [2.24, 2.45) is 5.73 Å². The second-order valence-electron chi connectivity index (χ2n) is 3.58. The number of hydrogen-bond acceptors (Lipinski definition) is 4. The summed E-state index contributed by atoms with van der Waals surface area (Å²) in [5, 5.41) is 0. The minimum atomic E-state index is -0.458. The molecule has 0 saturated carbocycles. The highest BCUT2D eigenvalue weighted by molar-refractivity contribution is 5.31. The number of aromatic nitrogens is 2. The van der Waals surface area contributed by atoms with Crippen molar-refractivity contribution in [3.05, 3.63) is 17.6 Å². The van der Waals surface area contributed by atoms with E-state index in [9.17, 15) is 0 Å². The Hall–Kier alpha value is -1.16. The molecule has 4 nitrogen and oxygen atoms in total. The number of methoxy groups -OCH3 is 1. The molecule has 0 atom stereocenters. The number of ether oxygens (including phenoxy) is 1. The van der Waals surface area contributed by atoms with Crippen molar-refractivity contribution in [1.29, 1.82) is 0 Å². The SMILES string of the molecule is COc1ncnc(C(C)(C)N)c1C. The molecule has 0 saturated heterocycles. The van der Waals surface area contributed by atoms with Gasteiger partial charge in [0.25, 0.3) is 0 Å². The van der Waals surface area contributed by atoms with Crippen LogP contribution in [0.15, 0.2) is 6.33 Å². The van der Waals surface area contributed by atoms with Crippen LogP contribution in [-0.2, 0) is 5.54 Å². The lowest BCUT2D eigenvalue weighted by molar-refractivity contribution is 0.388. The molecule has 72 valence electrons. The first-order valence-electron chi connectivity index (χ1n) is 4.11. The highest BCUT2D eigenvalue weighted by Crippen LogP contribution is 2.23. The molecule has 4 heteroatoms. The topological polar surface area (TPSA) is 61.0 Å². The van der Waals surface area contributed by atoms with E-state index >= 15 is 0 Å². The van der Waals surface area contributed by atoms with Gasteiger partial charge in [-0.15, -0.1) is 0 Å². The Morgan fingerprint density at radius 3 is 2.46 bits per heavy atom. The van der Waals surface area contributed by atoms with Gasteiger partial charge in [0.2, 0.25) is 5.88 Å². The summed E-state index contributed by atoms with van der Waals surface area (Å²) in [5.41, 5.74) is 7.20. The largest absolute Gasteiger partial charge is 0.481 e. The van der Waals surface area contributed by atoms with Crippen LogP contribution in [0, 0.1) is 6.92 Å². The van der Waals surface area contributed by atoms with Crippen molar-refractivity contribution < 1.29 is 4.74 Å². The van der Waals surface area contributed by atoms with Crippen molar-refractivity contribution in [3.63, 3.8) is 0 Å². The second kappa shape index (κ2) is 3.30. The zero-order valence-corrected chi connectivity index (χ0v) is 8.46. The third kappa shape index (κ3) is 1.95. The van der Waals surface area contributed by atoms with Crippen LogP contribution in [0.3, 0.4) is 0 Å². The van der Waals surface area contributed by atoms with E-state index in [-0.39, 0.29) is 0 Å². The maximum absolute atomic E-state index is 5.94. The van der Waals surface area contributed by atoms with Crippen molar-refractivity contribution >= 4 is 0 Å². The van der Waals surface area contributed by atoms with Gasteiger partial charge in [-0.05, 0) is 20.8 Å². The zero-order chi connectivity index (χ0) is 10.1. The second-order valence-corrected chi connectivity index (χ2v) is 3.58. The van der Waals surface area contributed by atoms with Gasteiger partial charge in [-0.25, -0.2) is 9.97 Å². The molecule has 0 fully saturated rings. The summed E-state index contributed by atoms with van der Waals surface area (Å²) in [4.78, 5) is 8.12. The first kappa shape index (κ1) is 9.92. The van der Waals surface area contributed by atoms with Crippen molar-refractivity contribution in [2.45, 2.75) is 26.3 Å². The minimum absolute atomic E-state index is 0.458. The third-order valence-corrected chi connectivity index (χ3v) is 1.84. The molecule has 0 aliphatic heterocycles. The van der Waals surface area contributed by atoms with Gasteiger partial charge >= 0.3 is 0 Å². The summed E-state index contributed by atoms with van der Waals surface area (Å²) in [7, 11) is 1.59. The van der Waals surface area contributed by atoms with E-state index in [4.69, 9.17) is 10.5 Å². The van der Waals surface area contributed by atoms with Crippen molar-refractivity contribution in [1.82, 2.24) is 9.97 Å². The van der Waals surface area contributed by atoms with Crippen molar-refractivity contribution in [3.8, 4) is 5.88 Å². The van der Waals surface area contributed by atoms with Crippen LogP contribution < -0.4 is 10.5 Å². The molecular formula is C9H15N3O. The average Bonchev–Trinajstić information content (AvgIpc) is 2.02. The van der Waals surface area contributed by atoms with E-state index in [2.05, 4.69) is 9.97 Å². The van der Waals surface area contributed by atoms with Gasteiger partial charge in [0.05, 0.1) is 18.3 Å². The molecule has 0 unspecified atom stereocenters. The molecule has 0 aromatic carbocycles. The summed E-state index contributed by atoms with van der Waals surface area (Å²) in [5.74, 6) is 0.587. The van der Waals surface area contributed by atoms with Gasteiger partial charge in [0.1, 0.15) is 6.33 Å². The fraction of sp³-hybridized carbons (Fsp3) is 0.556. The molecule has 0 aliphatic carbocycles. The smallest absolute Gasteiger partial charge is 0.219 e. The Morgan fingerprint density at radius 1 is 1.38 bits per heavy atom. The summed E-state index contributed by atoms with van der Waals surface area (Å²) in [6.07, 6.45) is 1.47. The predicted octanol–water partition coefficient (Wildman–Crippen LogP) is 0.987. The van der Waals surface area contributed by atoms with E-state index < -0.39 is 5.54 Å². The van der Waals surface area contributed by atoms with Crippen LogP contribution in [0.1, 0.15) is 25.1 Å². The number of nitrogens with zero attached hydrogens (tertiary/aromatic N) is 2. The summed E-state index contributed by atoms with van der Waals surface area (Å²) in [6, 6.07) is 0. The van der Waals surface area contributed by atoms with Crippen LogP contribution in [0.4, 0.5) is 0 Å². The fourth-order valence-corrected chi connectivity index (χ4v) is 1.29. The number of rotatable bonds is 2. The highest BCUT2D eigenvalue weighted by atomic mass is 16.5. The molecule has 0 radical (unpaired) electrons. The molecule has 0 aliphatic rings. The molecular weight excluding hydrogens is 166 g/mol. The van der Waals surface area contributed by atoms with Gasteiger partial charge in [0, 0.05) is 5.56 Å². The standard InChI is InChI=1S/C9H15N3O/c1-6-7(9(2,3)10)11-5-12-8(6)13-4/h5H,10H2,1-4H3. The molecule has 1 aromatic rings. The lowest BCUT2D eigenvalue weighted by Gasteiger charge is -2.20. The van der Waals surface area contributed by atoms with Crippen LogP contribution in [-0.4, -0.2) is 17.1 Å². The quantitative estimate of drug-likeness (QED) is 0.739. The zero-order valence-electron chi connectivity index (χ0n) is 8.46. The fourth-order valence-electron chi connectivity index (χ4n) is 1.29. The molecule has 0 amide bonds. The van der Waals surface area contributed by atoms with Gasteiger partial charge in [-0.2, -0.15) is 0 Å². The number of hydrogen-bond donors (Lipinski definition) is 1. The van der Waals surface area contributed by atoms with Crippen LogP contribution in [0.5, 0.6) is 5.88 Å². The first-order valence-corrected chi connectivity index (χ1v) is 4.11. The maximum Gasteiger partial charge on any atom is 0.219 e. The predicted molar refractivity (Wildman–Crippen MR) is 50.5 cm³/mol. The Labute approximate surface area is 78.1 Å². The van der Waals surface area contributed by atoms with E-state index in [1.807, 2.05) is 20.8 Å². The van der Waals surface area contributed by atoms with Crippen LogP contribution in [0.25, 0.3) is 0 Å². The molecule has 1 aromatic heterocycles. The summed E-state index contributed by atoms with van der Waals surface area (Å²) >= 11 is 0. The number of nitrogens with two attached hydrogens (primary N) is 1. The summed E-state index contributed by atoms with van der Waals surface area (Å²) < 4.78 is 5.07. The normalized spacial score (nSPS) is 11.5. The summed E-state index contributed by atoms with van der Waals surface area (Å²) in [6.45, 7) is 5.71. The Bertz CT molecular complexity index is 304. The van der Waals surface area contributed by atoms with E-state index in [0.29, 0.717) is 5.88 Å². The molecule has 2 N–H and O–H groups in total. The lowest BCUT2D eigenvalue weighted by Crippen LogP contribution is -2.31. The molecule has 0 bridgehead atoms. The average molecular weight is 181 g/mol. The molecule has 0 spiro atoms. The van der Waals surface area contributed by atoms with Crippen LogP contribution in [0.2, 0.25) is 0 Å². The Morgan fingerprint density at radius 2 is 2.00 bits per heavy atom. The van der Waals surface area contributed by atoms with E-state index in [1.54, 1.807) is 7.11 Å². The Balaban J connectivity index is 3.24. The first-order chi connectivity index (χ1) is 5.96. The maximum atomic E-state index is 5.94. The van der Waals surface area contributed by atoms with E-state index in [1.165, 1.54) is 6.33 Å². The van der Waals surface area contributed by atoms with E-state index in [0.717, 1.165) is 11.3 Å². The molecule has 1 rings (SSSR count). The highest BCUT2D eigenvalue weighted by Gasteiger charge is 2.20. The third-order valence-electron chi connectivity index (χ3n) is 1.84. The minimum Gasteiger partial charge on any atom is -0.481 e. The van der Waals surface area contributed by atoms with Gasteiger partial charge in [-0.3, -0.25) is 0 Å². The molecule has 1 heterocycles. The lowest BCUT2D eigenvalue weighted by atomic mass is 9.98. The monoisotopic (exact) mass is 181 g/mol. The van der Waals surface area contributed by atoms with Gasteiger partial charge in [0.15, 0.2) is 0 Å². The molecule has 13 heavy (non-hydrogen) atoms.